The summed E-state index contributed by atoms with van der Waals surface area (Å²) < 4.78 is 5.23. The van der Waals surface area contributed by atoms with E-state index in [-0.39, 0.29) is 11.9 Å². The van der Waals surface area contributed by atoms with E-state index in [2.05, 4.69) is 39.4 Å². The lowest BCUT2D eigenvalue weighted by Gasteiger charge is -2.14. The van der Waals surface area contributed by atoms with Gasteiger partial charge in [0.1, 0.15) is 5.70 Å². The largest absolute Gasteiger partial charge is 0.382 e. The number of fused-ring (bicyclic) bond motifs is 1. The van der Waals surface area contributed by atoms with Gasteiger partial charge in [0, 0.05) is 19.5 Å². The number of benzene rings is 1. The average molecular weight is 353 g/mol. The third-order valence-corrected chi connectivity index (χ3v) is 3.95. The maximum Gasteiger partial charge on any atom is 0.274 e. The zero-order valence-corrected chi connectivity index (χ0v) is 15.2. The molecule has 7 heteroatoms. The molecule has 26 heavy (non-hydrogen) atoms. The van der Waals surface area contributed by atoms with Crippen LogP contribution in [0.15, 0.2) is 41.3 Å². The van der Waals surface area contributed by atoms with Gasteiger partial charge >= 0.3 is 0 Å². The highest BCUT2D eigenvalue weighted by atomic mass is 16.5. The third-order valence-electron chi connectivity index (χ3n) is 3.95. The van der Waals surface area contributed by atoms with Gasteiger partial charge in [0.2, 0.25) is 5.96 Å². The van der Waals surface area contributed by atoms with Crippen molar-refractivity contribution in [3.05, 3.63) is 41.9 Å². The molecule has 0 spiro atoms. The van der Waals surface area contributed by atoms with E-state index in [0.717, 1.165) is 23.0 Å². The maximum absolute atomic E-state index is 12.2. The van der Waals surface area contributed by atoms with E-state index in [1.807, 2.05) is 18.2 Å². The summed E-state index contributed by atoms with van der Waals surface area (Å²) in [5.74, 6) is 0.749. The van der Waals surface area contributed by atoms with Crippen LogP contribution in [0.1, 0.15) is 25.8 Å². The van der Waals surface area contributed by atoms with Crippen molar-refractivity contribution < 1.29 is 9.53 Å². The molecule has 2 heterocycles. The fraction of sp³-hybridized carbons (Fsp3) is 0.368. The van der Waals surface area contributed by atoms with E-state index in [1.165, 1.54) is 0 Å². The van der Waals surface area contributed by atoms with Crippen LogP contribution >= 0.6 is 0 Å². The molecular weight excluding hydrogens is 330 g/mol. The molecule has 0 saturated carbocycles. The lowest BCUT2D eigenvalue weighted by molar-refractivity contribution is -0.115. The monoisotopic (exact) mass is 353 g/mol. The molecule has 0 radical (unpaired) electrons. The summed E-state index contributed by atoms with van der Waals surface area (Å²) in [6.45, 7) is 4.79. The molecule has 1 aromatic carbocycles. The first-order valence-electron chi connectivity index (χ1n) is 8.62. The molecule has 0 aliphatic carbocycles. The van der Waals surface area contributed by atoms with Crippen LogP contribution in [0, 0.1) is 5.92 Å². The van der Waals surface area contributed by atoms with Crippen molar-refractivity contribution >= 4 is 29.0 Å². The van der Waals surface area contributed by atoms with Crippen molar-refractivity contribution in [3.63, 3.8) is 0 Å². The Labute approximate surface area is 152 Å². The van der Waals surface area contributed by atoms with Gasteiger partial charge in [-0.25, -0.2) is 4.99 Å². The summed E-state index contributed by atoms with van der Waals surface area (Å²) in [6.07, 6.45) is 5.97. The number of amides is 1. The molecule has 2 aromatic rings. The van der Waals surface area contributed by atoms with Crippen molar-refractivity contribution in [2.24, 2.45) is 10.9 Å². The Morgan fingerprint density at radius 2 is 1.96 bits per heavy atom. The minimum Gasteiger partial charge on any atom is -0.382 e. The lowest BCUT2D eigenvalue weighted by Crippen LogP contribution is -2.29. The van der Waals surface area contributed by atoms with Crippen molar-refractivity contribution in [2.45, 2.75) is 26.3 Å². The van der Waals surface area contributed by atoms with Gasteiger partial charge in [0.05, 0.1) is 23.7 Å². The van der Waals surface area contributed by atoms with Gasteiger partial charge in [0.25, 0.3) is 5.91 Å². The second-order valence-corrected chi connectivity index (χ2v) is 6.66. The first-order valence-corrected chi connectivity index (χ1v) is 8.62. The van der Waals surface area contributed by atoms with Gasteiger partial charge in [-0.1, -0.05) is 19.9 Å². The highest BCUT2D eigenvalue weighted by Crippen LogP contribution is 2.15. The predicted molar refractivity (Wildman–Crippen MR) is 101 cm³/mol. The lowest BCUT2D eigenvalue weighted by atomic mass is 10.1. The van der Waals surface area contributed by atoms with Crippen LogP contribution in [0.5, 0.6) is 0 Å². The predicted octanol–water partition coefficient (Wildman–Crippen LogP) is 2.11. The number of guanidine groups is 1. The third kappa shape index (κ3) is 4.43. The van der Waals surface area contributed by atoms with Crippen LogP contribution in [-0.4, -0.2) is 41.6 Å². The standard InChI is InChI=1S/C19H23N5O2/c1-12(2)8-14(11-26-3)22-19-23-17(18(25)24-19)10-13-4-5-15-16(9-13)21-7-6-20-15/h4-7,9-10,12,14H,8,11H2,1-3H3,(H2,22,23,24,25)/b17-10-/t14-/m1/s1. The summed E-state index contributed by atoms with van der Waals surface area (Å²) in [4.78, 5) is 25.3. The Kier molecular flexibility index (Phi) is 5.58. The number of carbonyl (C=O) groups excluding carboxylic acids is 1. The molecule has 1 aliphatic rings. The van der Waals surface area contributed by atoms with Crippen LogP contribution in [0.2, 0.25) is 0 Å². The molecule has 1 saturated heterocycles. The summed E-state index contributed by atoms with van der Waals surface area (Å²) in [5, 5.41) is 5.83. The van der Waals surface area contributed by atoms with Crippen LogP contribution in [0.4, 0.5) is 0 Å². The molecule has 0 bridgehead atoms. The molecule has 1 aromatic heterocycles. The quantitative estimate of drug-likeness (QED) is 0.777. The molecule has 1 fully saturated rings. The number of hydrogen-bond donors (Lipinski definition) is 2. The topological polar surface area (TPSA) is 88.5 Å². The Balaban J connectivity index is 1.79. The average Bonchev–Trinajstić information content (AvgIpc) is 2.93. The van der Waals surface area contributed by atoms with Gasteiger partial charge in [0.15, 0.2) is 0 Å². The second-order valence-electron chi connectivity index (χ2n) is 6.66. The molecular formula is C19H23N5O2. The highest BCUT2D eigenvalue weighted by Gasteiger charge is 2.23. The Hall–Kier alpha value is -2.80. The first-order chi connectivity index (χ1) is 12.5. The number of aromatic nitrogens is 2. The minimum absolute atomic E-state index is 0.00177. The van der Waals surface area contributed by atoms with Gasteiger partial charge in [-0.3, -0.25) is 20.1 Å². The Morgan fingerprint density at radius 1 is 1.19 bits per heavy atom. The van der Waals surface area contributed by atoms with Gasteiger partial charge in [-0.2, -0.15) is 0 Å². The van der Waals surface area contributed by atoms with Crippen LogP contribution < -0.4 is 10.6 Å². The number of ether oxygens (including phenoxy) is 1. The van der Waals surface area contributed by atoms with Crippen LogP contribution in [0.25, 0.3) is 17.1 Å². The number of aliphatic imine (C=N–C) groups is 1. The van der Waals surface area contributed by atoms with Crippen molar-refractivity contribution in [3.8, 4) is 0 Å². The number of nitrogens with zero attached hydrogens (tertiary/aromatic N) is 3. The smallest absolute Gasteiger partial charge is 0.274 e. The SMILES string of the molecule is COC[C@@H](CC(C)C)N=C1NC(=O)/C(=C/c2ccc3nccnc3c2)N1. The molecule has 7 nitrogen and oxygen atoms in total. The summed E-state index contributed by atoms with van der Waals surface area (Å²) in [6, 6.07) is 5.68. The highest BCUT2D eigenvalue weighted by molar-refractivity contribution is 6.15. The van der Waals surface area contributed by atoms with Gasteiger partial charge in [-0.15, -0.1) is 0 Å². The Bertz CT molecular complexity index is 860. The van der Waals surface area contributed by atoms with E-state index in [1.54, 1.807) is 25.6 Å². The number of rotatable bonds is 6. The van der Waals surface area contributed by atoms with Crippen molar-refractivity contribution in [1.82, 2.24) is 20.6 Å². The zero-order valence-electron chi connectivity index (χ0n) is 15.2. The molecule has 1 amide bonds. The van der Waals surface area contributed by atoms with E-state index in [0.29, 0.717) is 24.2 Å². The van der Waals surface area contributed by atoms with Crippen molar-refractivity contribution in [2.75, 3.05) is 13.7 Å². The summed E-state index contributed by atoms with van der Waals surface area (Å²) in [7, 11) is 1.65. The van der Waals surface area contributed by atoms with Crippen LogP contribution in [-0.2, 0) is 9.53 Å². The van der Waals surface area contributed by atoms with E-state index in [4.69, 9.17) is 4.74 Å². The minimum atomic E-state index is -0.205. The fourth-order valence-corrected chi connectivity index (χ4v) is 2.87. The normalized spacial score (nSPS) is 18.5. The second kappa shape index (κ2) is 8.05. The van der Waals surface area contributed by atoms with E-state index >= 15 is 0 Å². The van der Waals surface area contributed by atoms with Gasteiger partial charge < -0.3 is 10.1 Å². The number of carbonyl (C=O) groups is 1. The van der Waals surface area contributed by atoms with E-state index < -0.39 is 0 Å². The molecule has 136 valence electrons. The first kappa shape index (κ1) is 18.0. The zero-order chi connectivity index (χ0) is 18.5. The molecule has 1 aliphatic heterocycles. The molecule has 0 unspecified atom stereocenters. The maximum atomic E-state index is 12.2. The fourth-order valence-electron chi connectivity index (χ4n) is 2.87. The number of hydrogen-bond acceptors (Lipinski definition) is 5. The number of nitrogens with one attached hydrogen (secondary N) is 2. The molecule has 3 rings (SSSR count). The van der Waals surface area contributed by atoms with E-state index in [9.17, 15) is 4.79 Å². The summed E-state index contributed by atoms with van der Waals surface area (Å²) in [5.41, 5.74) is 2.92. The molecule has 2 N–H and O–H groups in total. The van der Waals surface area contributed by atoms with Crippen LogP contribution in [0.3, 0.4) is 0 Å². The van der Waals surface area contributed by atoms with Crippen molar-refractivity contribution in [1.29, 1.82) is 0 Å². The molecule has 1 atom stereocenters. The number of methoxy groups -OCH3 is 1. The van der Waals surface area contributed by atoms with Gasteiger partial charge in [-0.05, 0) is 36.1 Å². The Morgan fingerprint density at radius 3 is 2.69 bits per heavy atom. The summed E-state index contributed by atoms with van der Waals surface area (Å²) >= 11 is 0.